The molecule has 1 aliphatic heterocycles. The Labute approximate surface area is 155 Å². The van der Waals surface area contributed by atoms with Gasteiger partial charge in [0.2, 0.25) is 5.91 Å². The first kappa shape index (κ1) is 23.0. The topological polar surface area (TPSA) is 131 Å². The van der Waals surface area contributed by atoms with Crippen LogP contribution in [-0.2, 0) is 9.53 Å². The molecule has 152 valence electrons. The van der Waals surface area contributed by atoms with Crippen LogP contribution in [0.1, 0.15) is 33.6 Å². The average Bonchev–Trinajstić information content (AvgIpc) is 2.73. The van der Waals surface area contributed by atoms with E-state index in [4.69, 9.17) is 4.74 Å². The number of aliphatic hydroxyl groups excluding tert-OH is 4. The standard InChI is InChI=1S/C18H34N2O6/c1-18(2,3)8-7-13(22)15(23)16(24)14(26-4)10-19-12-6-5-11(21)9-20-17(12)25/h7-8,11-16,19,21-24H,5-6,9-10H2,1-4H3,(H,20,25)/b8-7+/t11-,12+,13-,14+,15+,16+/m1/s1. The number of ether oxygens (including phenoxy) is 1. The summed E-state index contributed by atoms with van der Waals surface area (Å²) in [6.07, 6.45) is -1.24. The third-order valence-corrected chi connectivity index (χ3v) is 4.36. The second kappa shape index (κ2) is 10.3. The molecule has 8 heteroatoms. The summed E-state index contributed by atoms with van der Waals surface area (Å²) in [5, 5.41) is 45.8. The highest BCUT2D eigenvalue weighted by Gasteiger charge is 2.32. The molecule has 0 aliphatic carbocycles. The maximum Gasteiger partial charge on any atom is 0.237 e. The highest BCUT2D eigenvalue weighted by Crippen LogP contribution is 2.17. The molecule has 0 aromatic carbocycles. The molecule has 0 spiro atoms. The summed E-state index contributed by atoms with van der Waals surface area (Å²) in [7, 11) is 1.39. The van der Waals surface area contributed by atoms with E-state index in [0.29, 0.717) is 12.8 Å². The number of hydrogen-bond donors (Lipinski definition) is 6. The second-order valence-corrected chi connectivity index (χ2v) is 7.91. The molecule has 26 heavy (non-hydrogen) atoms. The van der Waals surface area contributed by atoms with E-state index in [1.807, 2.05) is 20.8 Å². The van der Waals surface area contributed by atoms with Gasteiger partial charge in [0.25, 0.3) is 0 Å². The Balaban J connectivity index is 2.60. The summed E-state index contributed by atoms with van der Waals surface area (Å²) < 4.78 is 5.22. The molecule has 0 aromatic rings. The second-order valence-electron chi connectivity index (χ2n) is 7.91. The average molecular weight is 374 g/mol. The summed E-state index contributed by atoms with van der Waals surface area (Å²) in [6, 6.07) is -0.514. The van der Waals surface area contributed by atoms with Gasteiger partial charge in [-0.1, -0.05) is 32.9 Å². The van der Waals surface area contributed by atoms with Crippen molar-refractivity contribution in [3.05, 3.63) is 12.2 Å². The Bertz CT molecular complexity index is 465. The van der Waals surface area contributed by atoms with Crippen molar-refractivity contribution in [3.63, 3.8) is 0 Å². The quantitative estimate of drug-likeness (QED) is 0.298. The molecule has 8 nitrogen and oxygen atoms in total. The van der Waals surface area contributed by atoms with Gasteiger partial charge in [-0.3, -0.25) is 4.79 Å². The van der Waals surface area contributed by atoms with Crippen molar-refractivity contribution in [1.82, 2.24) is 10.6 Å². The van der Waals surface area contributed by atoms with E-state index in [-0.39, 0.29) is 24.4 Å². The molecule has 1 fully saturated rings. The van der Waals surface area contributed by atoms with Crippen molar-refractivity contribution in [2.24, 2.45) is 5.41 Å². The first-order valence-corrected chi connectivity index (χ1v) is 9.00. The van der Waals surface area contributed by atoms with Crippen LogP contribution in [0, 0.1) is 5.41 Å². The van der Waals surface area contributed by atoms with Crippen molar-refractivity contribution >= 4 is 5.91 Å². The fraction of sp³-hybridized carbons (Fsp3) is 0.833. The molecular weight excluding hydrogens is 340 g/mol. The van der Waals surface area contributed by atoms with Gasteiger partial charge in [0.15, 0.2) is 0 Å². The van der Waals surface area contributed by atoms with E-state index in [2.05, 4.69) is 10.6 Å². The van der Waals surface area contributed by atoms with E-state index in [1.165, 1.54) is 13.2 Å². The van der Waals surface area contributed by atoms with Crippen molar-refractivity contribution in [3.8, 4) is 0 Å². The summed E-state index contributed by atoms with van der Waals surface area (Å²) in [4.78, 5) is 12.0. The molecule has 1 heterocycles. The number of rotatable bonds is 8. The minimum Gasteiger partial charge on any atom is -0.391 e. The molecular formula is C18H34N2O6. The number of allylic oxidation sites excluding steroid dienone is 1. The van der Waals surface area contributed by atoms with Crippen LogP contribution < -0.4 is 10.6 Å². The molecule has 1 saturated heterocycles. The van der Waals surface area contributed by atoms with Crippen LogP contribution in [0.25, 0.3) is 0 Å². The molecule has 1 aliphatic rings. The normalized spacial score (nSPS) is 26.8. The first-order valence-electron chi connectivity index (χ1n) is 9.00. The lowest BCUT2D eigenvalue weighted by Crippen LogP contribution is -2.52. The monoisotopic (exact) mass is 374 g/mol. The zero-order chi connectivity index (χ0) is 19.9. The molecule has 0 aromatic heterocycles. The van der Waals surface area contributed by atoms with Gasteiger partial charge < -0.3 is 35.8 Å². The van der Waals surface area contributed by atoms with Gasteiger partial charge in [-0.15, -0.1) is 0 Å². The molecule has 1 rings (SSSR count). The SMILES string of the molecule is CO[C@@H](CN[C@H]1CC[C@@H](O)CNC1=O)[C@H](O)[C@@H](O)[C@H](O)/C=C/C(C)(C)C. The van der Waals surface area contributed by atoms with Gasteiger partial charge >= 0.3 is 0 Å². The van der Waals surface area contributed by atoms with Crippen LogP contribution in [0.2, 0.25) is 0 Å². The number of carbonyl (C=O) groups is 1. The minimum atomic E-state index is -1.43. The molecule has 0 saturated carbocycles. The van der Waals surface area contributed by atoms with Crippen molar-refractivity contribution in [1.29, 1.82) is 0 Å². The number of carbonyl (C=O) groups excluding carboxylic acids is 1. The zero-order valence-corrected chi connectivity index (χ0v) is 16.1. The predicted molar refractivity (Wildman–Crippen MR) is 97.5 cm³/mol. The molecule has 6 N–H and O–H groups in total. The highest BCUT2D eigenvalue weighted by molar-refractivity contribution is 5.82. The van der Waals surface area contributed by atoms with Crippen molar-refractivity contribution < 1.29 is 30.0 Å². The molecule has 0 unspecified atom stereocenters. The van der Waals surface area contributed by atoms with Crippen LogP contribution in [0.3, 0.4) is 0 Å². The van der Waals surface area contributed by atoms with Crippen LogP contribution in [0.15, 0.2) is 12.2 Å². The summed E-state index contributed by atoms with van der Waals surface area (Å²) in [5.74, 6) is -0.223. The summed E-state index contributed by atoms with van der Waals surface area (Å²) >= 11 is 0. The Morgan fingerprint density at radius 2 is 1.92 bits per heavy atom. The van der Waals surface area contributed by atoms with Crippen LogP contribution in [0.4, 0.5) is 0 Å². The third-order valence-electron chi connectivity index (χ3n) is 4.36. The molecule has 6 atom stereocenters. The fourth-order valence-corrected chi connectivity index (χ4v) is 2.65. The predicted octanol–water partition coefficient (Wildman–Crippen LogP) is -1.08. The van der Waals surface area contributed by atoms with Crippen molar-refractivity contribution in [2.75, 3.05) is 20.2 Å². The lowest BCUT2D eigenvalue weighted by Gasteiger charge is -2.29. The van der Waals surface area contributed by atoms with E-state index in [9.17, 15) is 25.2 Å². The fourth-order valence-electron chi connectivity index (χ4n) is 2.65. The highest BCUT2D eigenvalue weighted by atomic mass is 16.5. The Morgan fingerprint density at radius 3 is 2.50 bits per heavy atom. The molecule has 0 bridgehead atoms. The van der Waals surface area contributed by atoms with Crippen LogP contribution in [0.5, 0.6) is 0 Å². The van der Waals surface area contributed by atoms with E-state index < -0.39 is 36.6 Å². The minimum absolute atomic E-state index is 0.110. The van der Waals surface area contributed by atoms with E-state index in [0.717, 1.165) is 0 Å². The Kier molecular flexibility index (Phi) is 9.15. The number of aliphatic hydroxyl groups is 4. The lowest BCUT2D eigenvalue weighted by molar-refractivity contribution is -0.124. The number of amides is 1. The van der Waals surface area contributed by atoms with Gasteiger partial charge in [-0.05, 0) is 18.3 Å². The van der Waals surface area contributed by atoms with Crippen LogP contribution in [-0.4, -0.2) is 83.1 Å². The smallest absolute Gasteiger partial charge is 0.237 e. The number of β-amino-alcohol motifs (C(OH)–C–C–N with tert-alkyl or cyclic N) is 1. The first-order chi connectivity index (χ1) is 12.0. The van der Waals surface area contributed by atoms with Gasteiger partial charge in [-0.2, -0.15) is 0 Å². The van der Waals surface area contributed by atoms with Crippen LogP contribution >= 0.6 is 0 Å². The third kappa shape index (κ3) is 7.69. The maximum atomic E-state index is 12.0. The number of nitrogens with one attached hydrogen (secondary N) is 2. The molecule has 1 amide bonds. The largest absolute Gasteiger partial charge is 0.391 e. The van der Waals surface area contributed by atoms with E-state index >= 15 is 0 Å². The number of hydrogen-bond acceptors (Lipinski definition) is 7. The zero-order valence-electron chi connectivity index (χ0n) is 16.1. The summed E-state index contributed by atoms with van der Waals surface area (Å²) in [6.45, 7) is 6.19. The van der Waals surface area contributed by atoms with Crippen molar-refractivity contribution in [2.45, 2.75) is 70.2 Å². The Hall–Kier alpha value is -1.03. The van der Waals surface area contributed by atoms with Gasteiger partial charge in [0, 0.05) is 20.2 Å². The maximum absolute atomic E-state index is 12.0. The Morgan fingerprint density at radius 1 is 1.27 bits per heavy atom. The summed E-state index contributed by atoms with van der Waals surface area (Å²) in [5.41, 5.74) is -0.161. The van der Waals surface area contributed by atoms with Gasteiger partial charge in [0.05, 0.1) is 18.2 Å². The van der Waals surface area contributed by atoms with Gasteiger partial charge in [0.1, 0.15) is 18.3 Å². The van der Waals surface area contributed by atoms with Gasteiger partial charge in [-0.25, -0.2) is 0 Å². The number of methoxy groups -OCH3 is 1. The molecule has 0 radical (unpaired) electrons. The van der Waals surface area contributed by atoms with E-state index in [1.54, 1.807) is 6.08 Å². The lowest BCUT2D eigenvalue weighted by atomic mass is 9.94.